The number of ether oxygens (including phenoxy) is 1. The molecule has 0 aromatic heterocycles. The van der Waals surface area contributed by atoms with E-state index in [0.717, 1.165) is 17.5 Å². The number of anilines is 1. The van der Waals surface area contributed by atoms with Crippen molar-refractivity contribution in [2.45, 2.75) is 51.8 Å². The Morgan fingerprint density at radius 1 is 0.947 bits per heavy atom. The SMILES string of the molecule is CC[C@H](C)[C@H](N)C(=O)Nc1ccc(C(=O)N[C@@H](CCc2ccccc2)C(=O)O)cc1OCc1ccccc1. The number of aliphatic carboxylic acids is 1. The van der Waals surface area contributed by atoms with Gasteiger partial charge in [0.15, 0.2) is 0 Å². The number of rotatable bonds is 13. The van der Waals surface area contributed by atoms with Crippen molar-refractivity contribution in [1.29, 1.82) is 0 Å². The van der Waals surface area contributed by atoms with Crippen molar-refractivity contribution >= 4 is 23.5 Å². The van der Waals surface area contributed by atoms with Gasteiger partial charge in [-0.25, -0.2) is 4.79 Å². The van der Waals surface area contributed by atoms with Gasteiger partial charge in [0.05, 0.1) is 11.7 Å². The molecule has 8 heteroatoms. The number of aryl methyl sites for hydroxylation is 1. The van der Waals surface area contributed by atoms with Crippen molar-refractivity contribution in [2.24, 2.45) is 11.7 Å². The first-order valence-electron chi connectivity index (χ1n) is 12.7. The number of benzene rings is 3. The van der Waals surface area contributed by atoms with Crippen molar-refractivity contribution < 1.29 is 24.2 Å². The van der Waals surface area contributed by atoms with Crippen LogP contribution in [0.4, 0.5) is 5.69 Å². The summed E-state index contributed by atoms with van der Waals surface area (Å²) in [5.41, 5.74) is 8.57. The standard InChI is InChI=1S/C30H35N3O5/c1-3-20(2)27(31)29(35)32-24-17-15-23(18-26(24)38-19-22-12-8-5-9-13-22)28(34)33-25(30(36)37)16-14-21-10-6-4-7-11-21/h4-13,15,17-18,20,25,27H,3,14,16,19,31H2,1-2H3,(H,32,35)(H,33,34)(H,36,37)/t20-,25-,27-/m0/s1. The molecule has 3 aromatic rings. The summed E-state index contributed by atoms with van der Waals surface area (Å²) in [6.07, 6.45) is 1.50. The van der Waals surface area contributed by atoms with Gasteiger partial charge in [0, 0.05) is 5.56 Å². The summed E-state index contributed by atoms with van der Waals surface area (Å²) in [4.78, 5) is 37.6. The highest BCUT2D eigenvalue weighted by Crippen LogP contribution is 2.28. The molecule has 200 valence electrons. The molecule has 2 amide bonds. The number of carbonyl (C=O) groups is 3. The van der Waals surface area contributed by atoms with Crippen molar-refractivity contribution in [2.75, 3.05) is 5.32 Å². The van der Waals surface area contributed by atoms with E-state index in [1.807, 2.05) is 74.5 Å². The summed E-state index contributed by atoms with van der Waals surface area (Å²) in [7, 11) is 0. The second kappa shape index (κ2) is 13.9. The van der Waals surface area contributed by atoms with E-state index < -0.39 is 24.0 Å². The molecule has 3 rings (SSSR count). The minimum atomic E-state index is -1.11. The first-order chi connectivity index (χ1) is 18.3. The molecule has 0 unspecified atom stereocenters. The lowest BCUT2D eigenvalue weighted by atomic mass is 9.99. The van der Waals surface area contributed by atoms with E-state index >= 15 is 0 Å². The Morgan fingerprint density at radius 2 is 1.58 bits per heavy atom. The lowest BCUT2D eigenvalue weighted by Crippen LogP contribution is -2.41. The first kappa shape index (κ1) is 28.4. The van der Waals surface area contributed by atoms with Crippen LogP contribution < -0.4 is 21.1 Å². The van der Waals surface area contributed by atoms with E-state index in [4.69, 9.17) is 10.5 Å². The lowest BCUT2D eigenvalue weighted by molar-refractivity contribution is -0.139. The number of nitrogens with one attached hydrogen (secondary N) is 2. The maximum Gasteiger partial charge on any atom is 0.326 e. The van der Waals surface area contributed by atoms with Gasteiger partial charge in [0.25, 0.3) is 5.91 Å². The van der Waals surface area contributed by atoms with Crippen LogP contribution in [0.2, 0.25) is 0 Å². The molecule has 3 atom stereocenters. The number of carboxylic acids is 1. The number of hydrogen-bond acceptors (Lipinski definition) is 5. The average Bonchev–Trinajstić information content (AvgIpc) is 2.94. The predicted molar refractivity (Wildman–Crippen MR) is 147 cm³/mol. The van der Waals surface area contributed by atoms with Gasteiger partial charge in [-0.05, 0) is 48.1 Å². The monoisotopic (exact) mass is 517 g/mol. The molecule has 5 N–H and O–H groups in total. The predicted octanol–water partition coefficient (Wildman–Crippen LogP) is 4.39. The van der Waals surface area contributed by atoms with Gasteiger partial charge < -0.3 is 26.2 Å². The van der Waals surface area contributed by atoms with Crippen molar-refractivity contribution in [3.05, 3.63) is 95.6 Å². The lowest BCUT2D eigenvalue weighted by Gasteiger charge is -2.20. The summed E-state index contributed by atoms with van der Waals surface area (Å²) in [6, 6.07) is 21.8. The largest absolute Gasteiger partial charge is 0.487 e. The van der Waals surface area contributed by atoms with Crippen LogP contribution in [0.5, 0.6) is 5.75 Å². The van der Waals surface area contributed by atoms with Gasteiger partial charge in [-0.1, -0.05) is 80.9 Å². The Labute approximate surface area is 223 Å². The molecule has 0 aliphatic rings. The summed E-state index contributed by atoms with van der Waals surface area (Å²) in [5, 5.41) is 15.1. The molecular formula is C30H35N3O5. The van der Waals surface area contributed by atoms with Crippen LogP contribution in [0.15, 0.2) is 78.9 Å². The van der Waals surface area contributed by atoms with Crippen LogP contribution in [0.25, 0.3) is 0 Å². The Balaban J connectivity index is 1.78. The summed E-state index contributed by atoms with van der Waals surface area (Å²) in [5.74, 6) is -1.75. The zero-order valence-electron chi connectivity index (χ0n) is 21.7. The number of hydrogen-bond donors (Lipinski definition) is 4. The van der Waals surface area contributed by atoms with Crippen molar-refractivity contribution in [3.63, 3.8) is 0 Å². The quantitative estimate of drug-likeness (QED) is 0.266. The van der Waals surface area contributed by atoms with Gasteiger partial charge in [-0.15, -0.1) is 0 Å². The number of amides is 2. The third-order valence-corrected chi connectivity index (χ3v) is 6.47. The Bertz CT molecular complexity index is 1220. The van der Waals surface area contributed by atoms with Gasteiger partial charge in [-0.3, -0.25) is 9.59 Å². The van der Waals surface area contributed by atoms with E-state index in [-0.39, 0.29) is 36.2 Å². The molecule has 0 spiro atoms. The average molecular weight is 518 g/mol. The van der Waals surface area contributed by atoms with Gasteiger partial charge in [-0.2, -0.15) is 0 Å². The van der Waals surface area contributed by atoms with Crippen molar-refractivity contribution in [1.82, 2.24) is 5.32 Å². The molecule has 0 bridgehead atoms. The van der Waals surface area contributed by atoms with Gasteiger partial charge >= 0.3 is 5.97 Å². The van der Waals surface area contributed by atoms with E-state index in [1.54, 1.807) is 6.07 Å². The normalized spacial score (nSPS) is 13.1. The van der Waals surface area contributed by atoms with E-state index in [0.29, 0.717) is 12.1 Å². The second-order valence-corrected chi connectivity index (χ2v) is 9.27. The zero-order valence-corrected chi connectivity index (χ0v) is 21.7. The topological polar surface area (TPSA) is 131 Å². The van der Waals surface area contributed by atoms with Gasteiger partial charge in [0.2, 0.25) is 5.91 Å². The van der Waals surface area contributed by atoms with Crippen LogP contribution in [0, 0.1) is 5.92 Å². The second-order valence-electron chi connectivity index (χ2n) is 9.27. The third-order valence-electron chi connectivity index (χ3n) is 6.47. The number of nitrogens with two attached hydrogens (primary N) is 1. The Hall–Kier alpha value is -4.17. The molecule has 0 aliphatic heterocycles. The molecule has 0 aliphatic carbocycles. The first-order valence-corrected chi connectivity index (χ1v) is 12.7. The molecule has 0 radical (unpaired) electrons. The van der Waals surface area contributed by atoms with Crippen LogP contribution >= 0.6 is 0 Å². The summed E-state index contributed by atoms with van der Waals surface area (Å²) in [6.45, 7) is 4.08. The molecule has 8 nitrogen and oxygen atoms in total. The van der Waals surface area contributed by atoms with E-state index in [9.17, 15) is 19.5 Å². The minimum Gasteiger partial charge on any atom is -0.487 e. The summed E-state index contributed by atoms with van der Waals surface area (Å²) >= 11 is 0. The third kappa shape index (κ3) is 8.18. The molecule has 0 saturated carbocycles. The van der Waals surface area contributed by atoms with Crippen molar-refractivity contribution in [3.8, 4) is 5.75 Å². The van der Waals surface area contributed by atoms with Gasteiger partial charge in [0.1, 0.15) is 18.4 Å². The Kier molecular flexibility index (Phi) is 10.4. The van der Waals surface area contributed by atoms with E-state index in [2.05, 4.69) is 10.6 Å². The van der Waals surface area contributed by atoms with Crippen LogP contribution in [0.3, 0.4) is 0 Å². The molecule has 38 heavy (non-hydrogen) atoms. The number of carboxylic acid groups (broad SMARTS) is 1. The maximum atomic E-state index is 13.0. The van der Waals surface area contributed by atoms with Crippen LogP contribution in [-0.2, 0) is 22.6 Å². The zero-order chi connectivity index (χ0) is 27.5. The Morgan fingerprint density at radius 3 is 2.18 bits per heavy atom. The van der Waals surface area contributed by atoms with Crippen LogP contribution in [-0.4, -0.2) is 35.0 Å². The fourth-order valence-corrected chi connectivity index (χ4v) is 3.80. The smallest absolute Gasteiger partial charge is 0.326 e. The fraction of sp³-hybridized carbons (Fsp3) is 0.300. The highest BCUT2D eigenvalue weighted by molar-refractivity contribution is 5.99. The molecule has 0 heterocycles. The fourth-order valence-electron chi connectivity index (χ4n) is 3.80. The number of carbonyl (C=O) groups excluding carboxylic acids is 2. The van der Waals surface area contributed by atoms with E-state index in [1.165, 1.54) is 12.1 Å². The van der Waals surface area contributed by atoms with Crippen LogP contribution in [0.1, 0.15) is 48.2 Å². The minimum absolute atomic E-state index is 0.0161. The highest BCUT2D eigenvalue weighted by atomic mass is 16.5. The summed E-state index contributed by atoms with van der Waals surface area (Å²) < 4.78 is 5.99. The highest BCUT2D eigenvalue weighted by Gasteiger charge is 2.23. The molecule has 3 aromatic carbocycles. The molecule has 0 fully saturated rings. The molecular weight excluding hydrogens is 482 g/mol. The molecule has 0 saturated heterocycles. The maximum absolute atomic E-state index is 13.0.